The molecule has 14 heavy (non-hydrogen) atoms. The maximum atomic E-state index is 4.18. The summed E-state index contributed by atoms with van der Waals surface area (Å²) in [6.45, 7) is 2.80. The Morgan fingerprint density at radius 1 is 0.786 bits per heavy atom. The zero-order valence-corrected chi connectivity index (χ0v) is 9.43. The van der Waals surface area contributed by atoms with Crippen molar-refractivity contribution in [2.24, 2.45) is 0 Å². The van der Waals surface area contributed by atoms with Gasteiger partial charge in [0, 0.05) is 12.8 Å². The molecule has 0 spiro atoms. The Kier molecular flexibility index (Phi) is 3.82. The van der Waals surface area contributed by atoms with Gasteiger partial charge >= 0.3 is 0 Å². The Morgan fingerprint density at radius 2 is 1.36 bits per heavy atom. The summed E-state index contributed by atoms with van der Waals surface area (Å²) in [6, 6.07) is 1.76. The fourth-order valence-electron chi connectivity index (χ4n) is 3.14. The van der Waals surface area contributed by atoms with Crippen LogP contribution in [0, 0.1) is 0 Å². The molecule has 0 aromatic carbocycles. The molecule has 1 heterocycles. The average molecular weight is 198 g/mol. The van der Waals surface area contributed by atoms with E-state index in [4.69, 9.17) is 0 Å². The van der Waals surface area contributed by atoms with Gasteiger partial charge in [0.25, 0.3) is 0 Å². The number of rotatable bonds is 1. The third-order valence-electron chi connectivity index (χ3n) is 4.18. The van der Waals surface area contributed by atoms with Gasteiger partial charge < -0.3 is 10.6 Å². The van der Waals surface area contributed by atoms with Crippen molar-refractivity contribution in [1.29, 1.82) is 0 Å². The summed E-state index contributed by atoms with van der Waals surface area (Å²) in [7, 11) is 0. The lowest BCUT2D eigenvalue weighted by Gasteiger charge is -2.32. The summed E-state index contributed by atoms with van der Waals surface area (Å²) in [4.78, 5) is 1.91. The van der Waals surface area contributed by atoms with Crippen LogP contribution in [0.15, 0.2) is 0 Å². The minimum atomic E-state index is 0.754. The summed E-state index contributed by atoms with van der Waals surface area (Å²) in [5, 5.41) is 0. The van der Waals surface area contributed by atoms with Gasteiger partial charge in [-0.3, -0.25) is 0 Å². The van der Waals surface area contributed by atoms with Crippen LogP contribution in [-0.4, -0.2) is 25.2 Å². The first-order valence-electron chi connectivity index (χ1n) is 6.54. The maximum absolute atomic E-state index is 4.18. The highest BCUT2D eigenvalue weighted by molar-refractivity contribution is 4.65. The van der Waals surface area contributed by atoms with Gasteiger partial charge in [-0.15, -0.1) is 0 Å². The predicted octanol–water partition coefficient (Wildman–Crippen LogP) is -0.00160. The highest BCUT2D eigenvalue weighted by Crippen LogP contribution is 2.15. The molecular weight excluding hydrogens is 172 g/mol. The predicted molar refractivity (Wildman–Crippen MR) is 58.1 cm³/mol. The first-order chi connectivity index (χ1) is 6.86. The fraction of sp³-hybridized carbons (Fsp3) is 1.00. The molecule has 82 valence electrons. The van der Waals surface area contributed by atoms with Crippen LogP contribution in [0.4, 0.5) is 0 Å². The second-order valence-electron chi connectivity index (χ2n) is 5.29. The zero-order valence-electron chi connectivity index (χ0n) is 9.43. The van der Waals surface area contributed by atoms with E-state index >= 15 is 0 Å². The van der Waals surface area contributed by atoms with E-state index in [9.17, 15) is 0 Å². The van der Waals surface area contributed by atoms with Gasteiger partial charge in [-0.1, -0.05) is 12.8 Å². The van der Waals surface area contributed by atoms with Gasteiger partial charge in [0.05, 0.1) is 25.2 Å². The van der Waals surface area contributed by atoms with Gasteiger partial charge in [-0.05, 0) is 25.7 Å². The van der Waals surface area contributed by atoms with Crippen LogP contribution in [0.3, 0.4) is 0 Å². The van der Waals surface area contributed by atoms with Crippen LogP contribution in [0.2, 0.25) is 0 Å². The number of likely N-dealkylation sites (tertiary alicyclic amines) is 1. The molecule has 0 aromatic heterocycles. The molecule has 2 aliphatic rings. The van der Waals surface area contributed by atoms with Crippen molar-refractivity contribution in [3.05, 3.63) is 0 Å². The van der Waals surface area contributed by atoms with Crippen LogP contribution in [0.25, 0.3) is 0 Å². The second kappa shape index (κ2) is 5.13. The van der Waals surface area contributed by atoms with Crippen molar-refractivity contribution in [2.45, 2.75) is 63.5 Å². The summed E-state index contributed by atoms with van der Waals surface area (Å²) < 4.78 is 0. The molecular formula is C12H26N2+2. The van der Waals surface area contributed by atoms with Gasteiger partial charge in [-0.2, -0.15) is 0 Å². The molecule has 2 rings (SSSR count). The van der Waals surface area contributed by atoms with Crippen LogP contribution >= 0.6 is 0 Å². The van der Waals surface area contributed by atoms with Gasteiger partial charge in [0.15, 0.2) is 0 Å². The fourth-order valence-corrected chi connectivity index (χ4v) is 3.14. The molecule has 0 radical (unpaired) electrons. The normalized spacial score (nSPS) is 36.6. The van der Waals surface area contributed by atoms with E-state index < -0.39 is 0 Å². The van der Waals surface area contributed by atoms with Crippen molar-refractivity contribution < 1.29 is 10.6 Å². The Labute approximate surface area is 87.8 Å². The lowest BCUT2D eigenvalue weighted by atomic mass is 10.0. The molecule has 0 aromatic rings. The van der Waals surface area contributed by atoms with Crippen molar-refractivity contribution in [1.82, 2.24) is 0 Å². The monoisotopic (exact) mass is 198 g/mol. The summed E-state index contributed by atoms with van der Waals surface area (Å²) >= 11 is 0. The smallest absolute Gasteiger partial charge is 0.0952 e. The minimum absolute atomic E-state index is 0.754. The molecule has 1 aliphatic heterocycles. The summed E-state index contributed by atoms with van der Waals surface area (Å²) in [5.74, 6) is 0. The maximum Gasteiger partial charge on any atom is 0.0952 e. The molecule has 1 saturated carbocycles. The minimum Gasteiger partial charge on any atom is -0.355 e. The molecule has 0 unspecified atom stereocenters. The molecule has 1 saturated heterocycles. The van der Waals surface area contributed by atoms with Crippen LogP contribution in [0.5, 0.6) is 0 Å². The molecule has 2 fully saturated rings. The highest BCUT2D eigenvalue weighted by atomic mass is 15.2. The van der Waals surface area contributed by atoms with E-state index in [2.05, 4.69) is 5.73 Å². The first-order valence-corrected chi connectivity index (χ1v) is 6.54. The quantitative estimate of drug-likeness (QED) is 0.556. The van der Waals surface area contributed by atoms with Crippen molar-refractivity contribution in [3.8, 4) is 0 Å². The Morgan fingerprint density at radius 3 is 1.93 bits per heavy atom. The van der Waals surface area contributed by atoms with Crippen molar-refractivity contribution >= 4 is 0 Å². The topological polar surface area (TPSA) is 32.1 Å². The van der Waals surface area contributed by atoms with E-state index in [-0.39, 0.29) is 0 Å². The van der Waals surface area contributed by atoms with Crippen LogP contribution < -0.4 is 10.6 Å². The molecule has 0 bridgehead atoms. The lowest BCUT2D eigenvalue weighted by molar-refractivity contribution is -0.934. The molecule has 0 atom stereocenters. The average Bonchev–Trinajstić information content (AvgIpc) is 2.47. The van der Waals surface area contributed by atoms with Gasteiger partial charge in [0.1, 0.15) is 0 Å². The van der Waals surface area contributed by atoms with Gasteiger partial charge in [0.2, 0.25) is 0 Å². The molecule has 4 N–H and O–H groups in total. The van der Waals surface area contributed by atoms with Gasteiger partial charge in [-0.25, -0.2) is 0 Å². The number of hydrogen-bond acceptors (Lipinski definition) is 0. The third kappa shape index (κ3) is 2.71. The zero-order chi connectivity index (χ0) is 9.80. The summed E-state index contributed by atoms with van der Waals surface area (Å²) in [6.07, 6.45) is 11.7. The first kappa shape index (κ1) is 10.4. The number of piperidine rings is 1. The van der Waals surface area contributed by atoms with E-state index in [1.54, 1.807) is 0 Å². The molecule has 0 amide bonds. The standard InChI is InChI=1S/C12H24N2/c13-11-7-9-14(10-8-11)12-5-3-1-2-4-6-12/h11-12H,1-10,13H2/p+2. The van der Waals surface area contributed by atoms with E-state index in [0.29, 0.717) is 0 Å². The van der Waals surface area contributed by atoms with Crippen molar-refractivity contribution in [3.63, 3.8) is 0 Å². The number of quaternary nitrogens is 2. The molecule has 1 aliphatic carbocycles. The van der Waals surface area contributed by atoms with Crippen LogP contribution in [-0.2, 0) is 0 Å². The Balaban J connectivity index is 1.81. The molecule has 2 nitrogen and oxygen atoms in total. The van der Waals surface area contributed by atoms with E-state index in [0.717, 1.165) is 12.1 Å². The highest BCUT2D eigenvalue weighted by Gasteiger charge is 2.28. The van der Waals surface area contributed by atoms with E-state index in [1.807, 2.05) is 4.90 Å². The molecule has 2 heteroatoms. The van der Waals surface area contributed by atoms with Crippen LogP contribution in [0.1, 0.15) is 51.4 Å². The third-order valence-corrected chi connectivity index (χ3v) is 4.18. The van der Waals surface area contributed by atoms with E-state index in [1.165, 1.54) is 64.5 Å². The number of hydrogen-bond donors (Lipinski definition) is 2. The second-order valence-corrected chi connectivity index (χ2v) is 5.29. The Hall–Kier alpha value is -0.0800. The van der Waals surface area contributed by atoms with Crippen molar-refractivity contribution in [2.75, 3.05) is 13.1 Å². The SMILES string of the molecule is [NH3+]C1CC[NH+](C2CCCCCC2)CC1. The Bertz CT molecular complexity index is 154. The summed E-state index contributed by atoms with van der Waals surface area (Å²) in [5.41, 5.74) is 4.18. The number of nitrogens with one attached hydrogen (secondary N) is 1. The lowest BCUT2D eigenvalue weighted by Crippen LogP contribution is -3.17. The largest absolute Gasteiger partial charge is 0.355 e.